The van der Waals surface area contributed by atoms with Crippen LogP contribution in [0.2, 0.25) is 0 Å². The number of aliphatic carboxylic acids is 1. The molecule has 0 heterocycles. The van der Waals surface area contributed by atoms with Crippen molar-refractivity contribution in [2.24, 2.45) is 5.92 Å². The SMILES string of the molecule is C[C@H](NOCc1ccccc1)[C@@H](CCCc1ccccc1)C(=O)O. The predicted octanol–water partition coefficient (Wildman–Crippen LogP) is 3.82. The second-order valence-electron chi connectivity index (χ2n) is 6.00. The fraction of sp³-hybridized carbons (Fsp3) is 0.350. The van der Waals surface area contributed by atoms with Crippen molar-refractivity contribution in [3.63, 3.8) is 0 Å². The fourth-order valence-electron chi connectivity index (χ4n) is 2.67. The Morgan fingerprint density at radius 1 is 1.04 bits per heavy atom. The number of rotatable bonds is 10. The van der Waals surface area contributed by atoms with Crippen LogP contribution in [0.5, 0.6) is 0 Å². The number of benzene rings is 2. The van der Waals surface area contributed by atoms with Crippen LogP contribution in [0.15, 0.2) is 60.7 Å². The summed E-state index contributed by atoms with van der Waals surface area (Å²) in [7, 11) is 0. The molecule has 0 aliphatic carbocycles. The number of carboxylic acids is 1. The van der Waals surface area contributed by atoms with Crippen molar-refractivity contribution in [2.45, 2.75) is 38.8 Å². The fourth-order valence-corrected chi connectivity index (χ4v) is 2.67. The number of hydroxylamine groups is 1. The summed E-state index contributed by atoms with van der Waals surface area (Å²) in [4.78, 5) is 17.0. The van der Waals surface area contributed by atoms with E-state index in [0.717, 1.165) is 18.4 Å². The summed E-state index contributed by atoms with van der Waals surface area (Å²) in [5.74, 6) is -1.25. The van der Waals surface area contributed by atoms with Crippen LogP contribution < -0.4 is 5.48 Å². The molecule has 0 bridgehead atoms. The number of aryl methyl sites for hydroxylation is 1. The Balaban J connectivity index is 1.75. The van der Waals surface area contributed by atoms with Crippen molar-refractivity contribution < 1.29 is 14.7 Å². The van der Waals surface area contributed by atoms with Gasteiger partial charge in [0.25, 0.3) is 0 Å². The average Bonchev–Trinajstić information content (AvgIpc) is 2.60. The molecule has 2 atom stereocenters. The molecule has 0 aliphatic rings. The molecule has 0 amide bonds. The lowest BCUT2D eigenvalue weighted by Gasteiger charge is -2.21. The van der Waals surface area contributed by atoms with Crippen molar-refractivity contribution in [1.29, 1.82) is 0 Å². The normalized spacial score (nSPS) is 13.4. The second-order valence-corrected chi connectivity index (χ2v) is 6.00. The van der Waals surface area contributed by atoms with E-state index in [-0.39, 0.29) is 6.04 Å². The van der Waals surface area contributed by atoms with Gasteiger partial charge in [0.05, 0.1) is 12.5 Å². The lowest BCUT2D eigenvalue weighted by Crippen LogP contribution is -2.37. The van der Waals surface area contributed by atoms with Gasteiger partial charge in [-0.25, -0.2) is 0 Å². The topological polar surface area (TPSA) is 58.6 Å². The van der Waals surface area contributed by atoms with Gasteiger partial charge in [0.1, 0.15) is 0 Å². The molecule has 0 unspecified atom stereocenters. The number of hydrogen-bond acceptors (Lipinski definition) is 3. The van der Waals surface area contributed by atoms with Gasteiger partial charge in [-0.15, -0.1) is 0 Å². The maximum Gasteiger partial charge on any atom is 0.308 e. The second kappa shape index (κ2) is 9.85. The molecular formula is C20H25NO3. The molecular weight excluding hydrogens is 302 g/mol. The zero-order valence-electron chi connectivity index (χ0n) is 14.0. The Bertz CT molecular complexity index is 601. The van der Waals surface area contributed by atoms with E-state index in [0.29, 0.717) is 13.0 Å². The largest absolute Gasteiger partial charge is 0.481 e. The predicted molar refractivity (Wildman–Crippen MR) is 94.3 cm³/mol. The van der Waals surface area contributed by atoms with E-state index < -0.39 is 11.9 Å². The molecule has 0 aliphatic heterocycles. The molecule has 4 heteroatoms. The summed E-state index contributed by atoms with van der Waals surface area (Å²) in [5, 5.41) is 9.46. The van der Waals surface area contributed by atoms with Crippen LogP contribution >= 0.6 is 0 Å². The zero-order valence-corrected chi connectivity index (χ0v) is 14.0. The van der Waals surface area contributed by atoms with Crippen LogP contribution in [0.25, 0.3) is 0 Å². The van der Waals surface area contributed by atoms with Crippen LogP contribution in [0.3, 0.4) is 0 Å². The number of hydrogen-bond donors (Lipinski definition) is 2. The minimum Gasteiger partial charge on any atom is -0.481 e. The zero-order chi connectivity index (χ0) is 17.2. The lowest BCUT2D eigenvalue weighted by molar-refractivity contribution is -0.145. The third-order valence-electron chi connectivity index (χ3n) is 4.10. The Labute approximate surface area is 143 Å². The molecule has 2 aromatic rings. The smallest absolute Gasteiger partial charge is 0.308 e. The first-order valence-corrected chi connectivity index (χ1v) is 8.35. The molecule has 2 rings (SSSR count). The monoisotopic (exact) mass is 327 g/mol. The van der Waals surface area contributed by atoms with Crippen LogP contribution in [0.4, 0.5) is 0 Å². The van der Waals surface area contributed by atoms with Crippen molar-refractivity contribution in [3.8, 4) is 0 Å². The van der Waals surface area contributed by atoms with E-state index >= 15 is 0 Å². The van der Waals surface area contributed by atoms with E-state index in [4.69, 9.17) is 4.84 Å². The Hall–Kier alpha value is -2.17. The highest BCUT2D eigenvalue weighted by Crippen LogP contribution is 2.15. The molecule has 0 aromatic heterocycles. The summed E-state index contributed by atoms with van der Waals surface area (Å²) < 4.78 is 0. The van der Waals surface area contributed by atoms with Crippen LogP contribution in [-0.2, 0) is 22.7 Å². The van der Waals surface area contributed by atoms with Gasteiger partial charge in [-0.3, -0.25) is 9.63 Å². The average molecular weight is 327 g/mol. The van der Waals surface area contributed by atoms with E-state index in [1.54, 1.807) is 0 Å². The van der Waals surface area contributed by atoms with Crippen LogP contribution in [-0.4, -0.2) is 17.1 Å². The molecule has 2 aromatic carbocycles. The Morgan fingerprint density at radius 3 is 2.21 bits per heavy atom. The summed E-state index contributed by atoms with van der Waals surface area (Å²) in [6.07, 6.45) is 2.35. The molecule has 2 N–H and O–H groups in total. The van der Waals surface area contributed by atoms with Crippen molar-refractivity contribution in [2.75, 3.05) is 0 Å². The first-order chi connectivity index (χ1) is 11.7. The summed E-state index contributed by atoms with van der Waals surface area (Å²) in [6.45, 7) is 2.27. The first-order valence-electron chi connectivity index (χ1n) is 8.35. The van der Waals surface area contributed by atoms with Gasteiger partial charge in [-0.2, -0.15) is 5.48 Å². The molecule has 0 spiro atoms. The third-order valence-corrected chi connectivity index (χ3v) is 4.10. The minimum absolute atomic E-state index is 0.248. The highest BCUT2D eigenvalue weighted by molar-refractivity contribution is 5.70. The summed E-state index contributed by atoms with van der Waals surface area (Å²) >= 11 is 0. The van der Waals surface area contributed by atoms with E-state index in [9.17, 15) is 9.90 Å². The highest BCUT2D eigenvalue weighted by atomic mass is 16.6. The van der Waals surface area contributed by atoms with E-state index in [2.05, 4.69) is 17.6 Å². The number of carbonyl (C=O) groups is 1. The standard InChI is InChI=1S/C20H25NO3/c1-16(21-24-15-18-11-6-3-7-12-18)19(20(22)23)14-8-13-17-9-4-2-5-10-17/h2-7,9-12,16,19,21H,8,13-15H2,1H3,(H,22,23)/t16-,19+/m0/s1. The van der Waals surface area contributed by atoms with E-state index in [1.165, 1.54) is 5.56 Å². The van der Waals surface area contributed by atoms with Crippen LogP contribution in [0, 0.1) is 5.92 Å². The molecule has 128 valence electrons. The van der Waals surface area contributed by atoms with Crippen LogP contribution in [0.1, 0.15) is 30.9 Å². The Kier molecular flexibility index (Phi) is 7.46. The molecule has 0 saturated carbocycles. The van der Waals surface area contributed by atoms with Gasteiger partial charge < -0.3 is 5.11 Å². The van der Waals surface area contributed by atoms with Crippen molar-refractivity contribution >= 4 is 5.97 Å². The van der Waals surface area contributed by atoms with Gasteiger partial charge >= 0.3 is 5.97 Å². The lowest BCUT2D eigenvalue weighted by atomic mass is 9.94. The van der Waals surface area contributed by atoms with Gasteiger partial charge in [0.2, 0.25) is 0 Å². The molecule has 0 radical (unpaired) electrons. The van der Waals surface area contributed by atoms with Crippen molar-refractivity contribution in [1.82, 2.24) is 5.48 Å². The summed E-state index contributed by atoms with van der Waals surface area (Å²) in [6, 6.07) is 19.7. The molecule has 0 fully saturated rings. The highest BCUT2D eigenvalue weighted by Gasteiger charge is 2.24. The van der Waals surface area contributed by atoms with Gasteiger partial charge in [-0.05, 0) is 37.3 Å². The number of nitrogens with one attached hydrogen (secondary N) is 1. The molecule has 4 nitrogen and oxygen atoms in total. The summed E-state index contributed by atoms with van der Waals surface area (Å²) in [5.41, 5.74) is 5.17. The maximum atomic E-state index is 11.5. The quantitative estimate of drug-likeness (QED) is 0.651. The molecule has 24 heavy (non-hydrogen) atoms. The Morgan fingerprint density at radius 2 is 1.62 bits per heavy atom. The third kappa shape index (κ3) is 6.14. The van der Waals surface area contributed by atoms with Gasteiger partial charge in [0, 0.05) is 6.04 Å². The van der Waals surface area contributed by atoms with E-state index in [1.807, 2.05) is 55.5 Å². The maximum absolute atomic E-state index is 11.5. The van der Waals surface area contributed by atoms with Gasteiger partial charge in [-0.1, -0.05) is 60.7 Å². The number of carboxylic acid groups (broad SMARTS) is 1. The minimum atomic E-state index is -0.786. The molecule has 0 saturated heterocycles. The first kappa shape index (κ1) is 18.2. The van der Waals surface area contributed by atoms with Crippen molar-refractivity contribution in [3.05, 3.63) is 71.8 Å². The van der Waals surface area contributed by atoms with Gasteiger partial charge in [0.15, 0.2) is 0 Å².